The maximum absolute atomic E-state index is 10.0. The molecule has 0 amide bonds. The van der Waals surface area contributed by atoms with Crippen LogP contribution in [0.25, 0.3) is 0 Å². The molecule has 174 valence electrons. The predicted molar refractivity (Wildman–Crippen MR) is 124 cm³/mol. The summed E-state index contributed by atoms with van der Waals surface area (Å²) in [6, 6.07) is 7.66. The molecular formula is C23H33N5O4. The molecule has 0 radical (unpaired) electrons. The van der Waals surface area contributed by atoms with Gasteiger partial charge in [-0.1, -0.05) is 11.6 Å². The standard InChI is InChI=1S/C23H33N5O4/c1-18-4-5-21(29)19(14-18)16-24-17-20-15-22(27(2)6-10-30-3)26-23(25-20)32-13-9-28-7-11-31-12-8-28/h4-5,14-16,29H,6-13,17H2,1-3H3. The third-order valence-corrected chi connectivity index (χ3v) is 5.18. The molecule has 1 N–H and O–H groups in total. The summed E-state index contributed by atoms with van der Waals surface area (Å²) in [5.74, 6) is 0.955. The molecule has 1 saturated heterocycles. The predicted octanol–water partition coefficient (Wildman–Crippen LogP) is 1.90. The summed E-state index contributed by atoms with van der Waals surface area (Å²) in [6.07, 6.45) is 1.66. The van der Waals surface area contributed by atoms with Crippen LogP contribution in [0.4, 0.5) is 5.82 Å². The number of aromatic nitrogens is 2. The molecule has 0 bridgehead atoms. The van der Waals surface area contributed by atoms with E-state index in [1.165, 1.54) is 0 Å². The summed E-state index contributed by atoms with van der Waals surface area (Å²) in [7, 11) is 3.63. The zero-order valence-corrected chi connectivity index (χ0v) is 19.2. The first-order chi connectivity index (χ1) is 15.5. The van der Waals surface area contributed by atoms with Crippen molar-refractivity contribution >= 4 is 12.0 Å². The Bertz CT molecular complexity index is 887. The SMILES string of the molecule is COCCN(C)c1cc(CN=Cc2cc(C)ccc2O)nc(OCCN2CCOCC2)n1. The lowest BCUT2D eigenvalue weighted by molar-refractivity contribution is 0.0317. The normalized spacial score (nSPS) is 14.7. The summed E-state index contributed by atoms with van der Waals surface area (Å²) in [6.45, 7) is 8.26. The Morgan fingerprint density at radius 2 is 2.03 bits per heavy atom. The van der Waals surface area contributed by atoms with Gasteiger partial charge in [0.25, 0.3) is 0 Å². The average Bonchev–Trinajstić information content (AvgIpc) is 2.80. The number of hydrogen-bond donors (Lipinski definition) is 1. The van der Waals surface area contributed by atoms with Crippen LogP contribution in [0.2, 0.25) is 0 Å². The van der Waals surface area contributed by atoms with Crippen LogP contribution in [0.15, 0.2) is 29.3 Å². The van der Waals surface area contributed by atoms with Gasteiger partial charge in [-0.25, -0.2) is 0 Å². The van der Waals surface area contributed by atoms with Crippen LogP contribution < -0.4 is 9.64 Å². The van der Waals surface area contributed by atoms with E-state index in [9.17, 15) is 5.11 Å². The topological polar surface area (TPSA) is 92.5 Å². The van der Waals surface area contributed by atoms with E-state index in [0.717, 1.165) is 49.9 Å². The number of phenols is 1. The zero-order valence-electron chi connectivity index (χ0n) is 19.2. The third kappa shape index (κ3) is 7.44. The lowest BCUT2D eigenvalue weighted by Crippen LogP contribution is -2.38. The van der Waals surface area contributed by atoms with Gasteiger partial charge in [0.1, 0.15) is 18.2 Å². The van der Waals surface area contributed by atoms with E-state index in [2.05, 4.69) is 19.9 Å². The van der Waals surface area contributed by atoms with Gasteiger partial charge in [0.2, 0.25) is 0 Å². The van der Waals surface area contributed by atoms with E-state index in [1.54, 1.807) is 19.4 Å². The van der Waals surface area contributed by atoms with E-state index in [1.807, 2.05) is 37.1 Å². The molecule has 3 rings (SSSR count). The van der Waals surface area contributed by atoms with Crippen molar-refractivity contribution < 1.29 is 19.3 Å². The molecule has 1 aliphatic rings. The number of nitrogens with zero attached hydrogens (tertiary/aromatic N) is 5. The number of likely N-dealkylation sites (N-methyl/N-ethyl adjacent to an activating group) is 1. The minimum Gasteiger partial charge on any atom is -0.507 e. The number of aryl methyl sites for hydroxylation is 1. The van der Waals surface area contributed by atoms with Crippen molar-refractivity contribution in [2.24, 2.45) is 4.99 Å². The van der Waals surface area contributed by atoms with E-state index < -0.39 is 0 Å². The van der Waals surface area contributed by atoms with Gasteiger partial charge in [0, 0.05) is 58.2 Å². The highest BCUT2D eigenvalue weighted by Crippen LogP contribution is 2.18. The quantitative estimate of drug-likeness (QED) is 0.527. The number of rotatable bonds is 11. The van der Waals surface area contributed by atoms with Crippen LogP contribution in [-0.4, -0.2) is 93.0 Å². The van der Waals surface area contributed by atoms with Crippen LogP contribution in [-0.2, 0) is 16.0 Å². The third-order valence-electron chi connectivity index (χ3n) is 5.18. The molecule has 9 heteroatoms. The molecule has 1 fully saturated rings. The fourth-order valence-corrected chi connectivity index (χ4v) is 3.25. The maximum atomic E-state index is 10.0. The summed E-state index contributed by atoms with van der Waals surface area (Å²) in [4.78, 5) is 17.9. The van der Waals surface area contributed by atoms with Crippen molar-refractivity contribution in [2.75, 3.05) is 71.7 Å². The second-order valence-electron chi connectivity index (χ2n) is 7.75. The van der Waals surface area contributed by atoms with Crippen molar-refractivity contribution in [3.8, 4) is 11.8 Å². The number of phenolic OH excluding ortho intramolecular Hbond substituents is 1. The molecule has 32 heavy (non-hydrogen) atoms. The van der Waals surface area contributed by atoms with Crippen molar-refractivity contribution in [1.29, 1.82) is 0 Å². The fourth-order valence-electron chi connectivity index (χ4n) is 3.25. The molecule has 1 aromatic heterocycles. The van der Waals surface area contributed by atoms with Gasteiger partial charge >= 0.3 is 6.01 Å². The van der Waals surface area contributed by atoms with Crippen LogP contribution >= 0.6 is 0 Å². The fraction of sp³-hybridized carbons (Fsp3) is 0.522. The van der Waals surface area contributed by atoms with Crippen LogP contribution in [0.5, 0.6) is 11.8 Å². The Labute approximate surface area is 189 Å². The van der Waals surface area contributed by atoms with E-state index in [0.29, 0.717) is 37.9 Å². The van der Waals surface area contributed by atoms with Gasteiger partial charge in [-0.2, -0.15) is 9.97 Å². The van der Waals surface area contributed by atoms with Gasteiger partial charge in [-0.3, -0.25) is 9.89 Å². The van der Waals surface area contributed by atoms with Crippen LogP contribution in [0.3, 0.4) is 0 Å². The van der Waals surface area contributed by atoms with Crippen LogP contribution in [0.1, 0.15) is 16.8 Å². The summed E-state index contributed by atoms with van der Waals surface area (Å²) in [5, 5.41) is 10.0. The van der Waals surface area contributed by atoms with Gasteiger partial charge < -0.3 is 24.2 Å². The van der Waals surface area contributed by atoms with Crippen LogP contribution in [0, 0.1) is 6.92 Å². The number of benzene rings is 1. The molecule has 9 nitrogen and oxygen atoms in total. The van der Waals surface area contributed by atoms with E-state index in [-0.39, 0.29) is 5.75 Å². The number of aliphatic imine (C=N–C) groups is 1. The van der Waals surface area contributed by atoms with Gasteiger partial charge in [0.05, 0.1) is 32.1 Å². The molecular weight excluding hydrogens is 410 g/mol. The first-order valence-electron chi connectivity index (χ1n) is 10.9. The average molecular weight is 444 g/mol. The number of aromatic hydroxyl groups is 1. The Balaban J connectivity index is 1.68. The molecule has 2 aromatic rings. The highest BCUT2D eigenvalue weighted by molar-refractivity contribution is 5.83. The first kappa shape index (κ1) is 23.9. The minimum atomic E-state index is 0.203. The van der Waals surface area contributed by atoms with Crippen molar-refractivity contribution in [1.82, 2.24) is 14.9 Å². The molecule has 0 aliphatic carbocycles. The highest BCUT2D eigenvalue weighted by atomic mass is 16.5. The van der Waals surface area contributed by atoms with Gasteiger partial charge in [-0.15, -0.1) is 0 Å². The molecule has 0 unspecified atom stereocenters. The Morgan fingerprint density at radius 1 is 1.22 bits per heavy atom. The molecule has 1 aliphatic heterocycles. The lowest BCUT2D eigenvalue weighted by atomic mass is 10.1. The van der Waals surface area contributed by atoms with Gasteiger partial charge in [-0.05, 0) is 19.1 Å². The molecule has 1 aromatic carbocycles. The van der Waals surface area contributed by atoms with Crippen molar-refractivity contribution in [2.45, 2.75) is 13.5 Å². The largest absolute Gasteiger partial charge is 0.507 e. The summed E-state index contributed by atoms with van der Waals surface area (Å²) >= 11 is 0. The molecule has 2 heterocycles. The summed E-state index contributed by atoms with van der Waals surface area (Å²) < 4.78 is 16.5. The number of morpholine rings is 1. The Hall–Kier alpha value is -2.75. The first-order valence-corrected chi connectivity index (χ1v) is 10.9. The Kier molecular flexibility index (Phi) is 9.21. The second kappa shape index (κ2) is 12.3. The maximum Gasteiger partial charge on any atom is 0.318 e. The molecule has 0 saturated carbocycles. The smallest absolute Gasteiger partial charge is 0.318 e. The van der Waals surface area contributed by atoms with Crippen molar-refractivity contribution in [3.05, 3.63) is 41.1 Å². The molecule has 0 spiro atoms. The molecule has 0 atom stereocenters. The summed E-state index contributed by atoms with van der Waals surface area (Å²) in [5.41, 5.74) is 2.48. The number of hydrogen-bond acceptors (Lipinski definition) is 9. The zero-order chi connectivity index (χ0) is 22.8. The number of methoxy groups -OCH3 is 1. The number of ether oxygens (including phenoxy) is 3. The monoisotopic (exact) mass is 443 g/mol. The van der Waals surface area contributed by atoms with E-state index in [4.69, 9.17) is 14.2 Å². The van der Waals surface area contributed by atoms with E-state index >= 15 is 0 Å². The second-order valence-corrected chi connectivity index (χ2v) is 7.75. The number of anilines is 1. The van der Waals surface area contributed by atoms with Crippen molar-refractivity contribution in [3.63, 3.8) is 0 Å². The minimum absolute atomic E-state index is 0.203. The lowest BCUT2D eigenvalue weighted by Gasteiger charge is -2.26. The van der Waals surface area contributed by atoms with Gasteiger partial charge in [0.15, 0.2) is 0 Å². The highest BCUT2D eigenvalue weighted by Gasteiger charge is 2.12. The Morgan fingerprint density at radius 3 is 2.81 bits per heavy atom.